The van der Waals surface area contributed by atoms with E-state index in [9.17, 15) is 4.39 Å². The molecule has 0 aliphatic carbocycles. The maximum Gasteiger partial charge on any atom is 0.142 e. The molecule has 0 fully saturated rings. The third kappa shape index (κ3) is 3.32. The van der Waals surface area contributed by atoms with Crippen LogP contribution in [0.1, 0.15) is 37.0 Å². The number of nitrogens with zero attached hydrogens (tertiary/aromatic N) is 3. The smallest absolute Gasteiger partial charge is 0.142 e. The lowest BCUT2D eigenvalue weighted by Crippen LogP contribution is -2.15. The lowest BCUT2D eigenvalue weighted by Gasteiger charge is -2.19. The number of unbranched alkanes of at least 4 members (excludes halogenated alkanes) is 1. The molecular weight excluding hydrogens is 337 g/mol. The van der Waals surface area contributed by atoms with Gasteiger partial charge in [0.1, 0.15) is 17.5 Å². The summed E-state index contributed by atoms with van der Waals surface area (Å²) in [6.07, 6.45) is 3.45. The molecule has 1 aromatic heterocycles. The van der Waals surface area contributed by atoms with Gasteiger partial charge in [0.2, 0.25) is 0 Å². The Morgan fingerprint density at radius 3 is 2.71 bits per heavy atom. The summed E-state index contributed by atoms with van der Waals surface area (Å²) in [6, 6.07) is 3.63. The summed E-state index contributed by atoms with van der Waals surface area (Å²) in [6.45, 7) is 4.28. The number of aromatic nitrogens is 3. The van der Waals surface area contributed by atoms with Crippen molar-refractivity contribution < 1.29 is 9.50 Å². The first kappa shape index (κ1) is 16.1. The summed E-state index contributed by atoms with van der Waals surface area (Å²) in [5.74, 6) is 1.54. The van der Waals surface area contributed by atoms with Crippen LogP contribution in [-0.2, 0) is 12.8 Å². The molecule has 0 bridgehead atoms. The van der Waals surface area contributed by atoms with Gasteiger partial charge in [-0.3, -0.25) is 4.57 Å². The van der Waals surface area contributed by atoms with Crippen LogP contribution in [0, 0.1) is 12.7 Å². The largest absolute Gasteiger partial charge is 0.396 e. The molecule has 0 atom stereocenters. The number of hydrogen-bond donors (Lipinski definition) is 1. The van der Waals surface area contributed by atoms with E-state index in [0.717, 1.165) is 42.2 Å². The highest BCUT2D eigenvalue weighted by atomic mass is 79.9. The molecule has 6 heteroatoms. The summed E-state index contributed by atoms with van der Waals surface area (Å²) in [5.41, 5.74) is 1.61. The second kappa shape index (κ2) is 7.13. The van der Waals surface area contributed by atoms with E-state index in [0.29, 0.717) is 17.5 Å². The van der Waals surface area contributed by atoms with Gasteiger partial charge < -0.3 is 5.11 Å². The molecule has 4 nitrogen and oxygen atoms in total. The molecule has 114 valence electrons. The standard InChI is InChI=1S/C11H9BrFN3.C4H10O/c1-6-14-15-10-5-2-7-9(16(6)10)4-3-8(12)11(7)13;1-2-3-4-5/h3-4H,2,5H2,1H3;5H,2-4H2,1H3. The topological polar surface area (TPSA) is 50.9 Å². The van der Waals surface area contributed by atoms with Gasteiger partial charge in [-0.25, -0.2) is 4.39 Å². The molecule has 1 aromatic carbocycles. The zero-order valence-corrected chi connectivity index (χ0v) is 13.8. The van der Waals surface area contributed by atoms with E-state index >= 15 is 0 Å². The zero-order valence-electron chi connectivity index (χ0n) is 12.2. The predicted octanol–water partition coefficient (Wildman–Crippen LogP) is 3.35. The molecule has 0 unspecified atom stereocenters. The fourth-order valence-electron chi connectivity index (χ4n) is 2.31. The van der Waals surface area contributed by atoms with E-state index < -0.39 is 0 Å². The molecule has 2 aromatic rings. The summed E-state index contributed by atoms with van der Waals surface area (Å²) >= 11 is 3.21. The maximum atomic E-state index is 13.9. The fourth-order valence-corrected chi connectivity index (χ4v) is 2.68. The van der Waals surface area contributed by atoms with Crippen molar-refractivity contribution in [2.24, 2.45) is 0 Å². The van der Waals surface area contributed by atoms with Gasteiger partial charge >= 0.3 is 0 Å². The zero-order chi connectivity index (χ0) is 15.4. The van der Waals surface area contributed by atoms with Crippen LogP contribution in [0.15, 0.2) is 16.6 Å². The number of aliphatic hydroxyl groups is 1. The molecule has 1 N–H and O–H groups in total. The van der Waals surface area contributed by atoms with Crippen molar-refractivity contribution in [1.29, 1.82) is 0 Å². The minimum atomic E-state index is -0.170. The van der Waals surface area contributed by atoms with E-state index in [1.165, 1.54) is 0 Å². The van der Waals surface area contributed by atoms with Gasteiger partial charge in [-0.05, 0) is 47.8 Å². The Balaban J connectivity index is 0.000000282. The predicted molar refractivity (Wildman–Crippen MR) is 83.2 cm³/mol. The highest BCUT2D eigenvalue weighted by molar-refractivity contribution is 9.10. The lowest BCUT2D eigenvalue weighted by atomic mass is 10.0. The fraction of sp³-hybridized carbons (Fsp3) is 0.467. The van der Waals surface area contributed by atoms with Gasteiger partial charge in [-0.15, -0.1) is 10.2 Å². The van der Waals surface area contributed by atoms with Crippen molar-refractivity contribution in [2.45, 2.75) is 39.5 Å². The quantitative estimate of drug-likeness (QED) is 0.898. The summed E-state index contributed by atoms with van der Waals surface area (Å²) in [5, 5.41) is 16.2. The monoisotopic (exact) mass is 355 g/mol. The van der Waals surface area contributed by atoms with Gasteiger partial charge in [-0.2, -0.15) is 0 Å². The summed E-state index contributed by atoms with van der Waals surface area (Å²) < 4.78 is 16.4. The Bertz CT molecular complexity index is 626. The van der Waals surface area contributed by atoms with Crippen LogP contribution in [0.3, 0.4) is 0 Å². The third-order valence-electron chi connectivity index (χ3n) is 3.41. The van der Waals surface area contributed by atoms with Crippen molar-refractivity contribution in [1.82, 2.24) is 14.8 Å². The normalized spacial score (nSPS) is 12.2. The first-order valence-electron chi connectivity index (χ1n) is 7.09. The number of benzene rings is 1. The average molecular weight is 356 g/mol. The van der Waals surface area contributed by atoms with Gasteiger partial charge in [0, 0.05) is 18.6 Å². The van der Waals surface area contributed by atoms with Crippen LogP contribution in [-0.4, -0.2) is 26.5 Å². The molecule has 2 heterocycles. The Labute approximate surface area is 132 Å². The second-order valence-corrected chi connectivity index (χ2v) is 5.79. The minimum Gasteiger partial charge on any atom is -0.396 e. The van der Waals surface area contributed by atoms with Crippen molar-refractivity contribution in [3.05, 3.63) is 39.6 Å². The first-order chi connectivity index (χ1) is 10.1. The molecule has 0 spiro atoms. The van der Waals surface area contributed by atoms with Gasteiger partial charge in [0.05, 0.1) is 10.2 Å². The Hall–Kier alpha value is -1.27. The molecule has 0 radical (unpaired) electrons. The SMILES string of the molecule is CCCCO.Cc1nnc2n1-c1ccc(Br)c(F)c1CC2. The molecule has 1 aliphatic heterocycles. The molecular formula is C15H19BrFN3O. The van der Waals surface area contributed by atoms with Crippen LogP contribution < -0.4 is 0 Å². The first-order valence-corrected chi connectivity index (χ1v) is 7.88. The van der Waals surface area contributed by atoms with E-state index in [4.69, 9.17) is 5.11 Å². The van der Waals surface area contributed by atoms with Crippen LogP contribution >= 0.6 is 15.9 Å². The van der Waals surface area contributed by atoms with Gasteiger partial charge in [0.15, 0.2) is 0 Å². The molecule has 1 aliphatic rings. The molecule has 21 heavy (non-hydrogen) atoms. The van der Waals surface area contributed by atoms with Crippen LogP contribution in [0.2, 0.25) is 0 Å². The maximum absolute atomic E-state index is 13.9. The van der Waals surface area contributed by atoms with Crippen molar-refractivity contribution in [3.8, 4) is 5.69 Å². The molecule has 3 rings (SSSR count). The number of aliphatic hydroxyl groups excluding tert-OH is 1. The van der Waals surface area contributed by atoms with E-state index in [1.807, 2.05) is 17.6 Å². The highest BCUT2D eigenvalue weighted by Crippen LogP contribution is 2.30. The minimum absolute atomic E-state index is 0.170. The van der Waals surface area contributed by atoms with Crippen molar-refractivity contribution >= 4 is 15.9 Å². The Morgan fingerprint density at radius 2 is 2.10 bits per heavy atom. The molecule has 0 saturated heterocycles. The van der Waals surface area contributed by atoms with Crippen molar-refractivity contribution in [3.63, 3.8) is 0 Å². The number of hydrogen-bond acceptors (Lipinski definition) is 3. The van der Waals surface area contributed by atoms with E-state index in [-0.39, 0.29) is 5.82 Å². The van der Waals surface area contributed by atoms with Gasteiger partial charge in [0.25, 0.3) is 0 Å². The van der Waals surface area contributed by atoms with Crippen LogP contribution in [0.5, 0.6) is 0 Å². The Kier molecular flexibility index (Phi) is 5.47. The lowest BCUT2D eigenvalue weighted by molar-refractivity contribution is 0.287. The van der Waals surface area contributed by atoms with Crippen LogP contribution in [0.4, 0.5) is 4.39 Å². The number of fused-ring (bicyclic) bond motifs is 3. The summed E-state index contributed by atoms with van der Waals surface area (Å²) in [7, 11) is 0. The molecule has 0 saturated carbocycles. The second-order valence-electron chi connectivity index (χ2n) is 4.94. The average Bonchev–Trinajstić information content (AvgIpc) is 2.86. The number of aryl methyl sites for hydroxylation is 2. The van der Waals surface area contributed by atoms with Crippen LogP contribution in [0.25, 0.3) is 5.69 Å². The van der Waals surface area contributed by atoms with E-state index in [2.05, 4.69) is 33.1 Å². The highest BCUT2D eigenvalue weighted by Gasteiger charge is 2.22. The van der Waals surface area contributed by atoms with Gasteiger partial charge in [-0.1, -0.05) is 13.3 Å². The number of halogens is 2. The third-order valence-corrected chi connectivity index (χ3v) is 4.03. The molecule has 0 amide bonds. The van der Waals surface area contributed by atoms with Crippen molar-refractivity contribution in [2.75, 3.05) is 6.61 Å². The Morgan fingerprint density at radius 1 is 1.33 bits per heavy atom. The van der Waals surface area contributed by atoms with E-state index in [1.54, 1.807) is 6.07 Å². The number of rotatable bonds is 2. The summed E-state index contributed by atoms with van der Waals surface area (Å²) in [4.78, 5) is 0.